The van der Waals surface area contributed by atoms with Crippen molar-refractivity contribution in [3.8, 4) is 0 Å². The van der Waals surface area contributed by atoms with Crippen LogP contribution in [0.25, 0.3) is 0 Å². The Balaban J connectivity index is 2.88. The third kappa shape index (κ3) is 3.06. The molecule has 0 aliphatic rings. The summed E-state index contributed by atoms with van der Waals surface area (Å²) in [6.07, 6.45) is 1.82. The van der Waals surface area contributed by atoms with E-state index in [1.54, 1.807) is 0 Å². The number of nitrogens with two attached hydrogens (primary N) is 2. The second-order valence-corrected chi connectivity index (χ2v) is 3.68. The van der Waals surface area contributed by atoms with Gasteiger partial charge in [-0.15, -0.1) is 0 Å². The standard InChI is InChI=1S/C12H18N2O/c1-2-3-11(12(15)8-13)9-4-6-10(14)7-5-9/h4-7,11H,2-3,8,13-14H2,1H3. The largest absolute Gasteiger partial charge is 0.399 e. The zero-order valence-corrected chi connectivity index (χ0v) is 9.07. The molecule has 0 heterocycles. The second kappa shape index (κ2) is 5.51. The monoisotopic (exact) mass is 206 g/mol. The maximum atomic E-state index is 11.6. The Labute approximate surface area is 90.5 Å². The van der Waals surface area contributed by atoms with Crippen molar-refractivity contribution in [2.45, 2.75) is 25.7 Å². The molecule has 3 nitrogen and oxygen atoms in total. The number of rotatable bonds is 5. The first-order valence-electron chi connectivity index (χ1n) is 5.27. The third-order valence-corrected chi connectivity index (χ3v) is 2.51. The minimum atomic E-state index is -0.0689. The van der Waals surface area contributed by atoms with Crippen molar-refractivity contribution in [3.63, 3.8) is 0 Å². The van der Waals surface area contributed by atoms with E-state index in [1.807, 2.05) is 24.3 Å². The summed E-state index contributed by atoms with van der Waals surface area (Å²) >= 11 is 0. The van der Waals surface area contributed by atoms with Crippen LogP contribution in [0.15, 0.2) is 24.3 Å². The highest BCUT2D eigenvalue weighted by atomic mass is 16.1. The van der Waals surface area contributed by atoms with Crippen molar-refractivity contribution in [1.82, 2.24) is 0 Å². The van der Waals surface area contributed by atoms with Crippen LogP contribution in [-0.4, -0.2) is 12.3 Å². The quantitative estimate of drug-likeness (QED) is 0.720. The van der Waals surface area contributed by atoms with Crippen LogP contribution in [0.5, 0.6) is 0 Å². The fourth-order valence-corrected chi connectivity index (χ4v) is 1.67. The summed E-state index contributed by atoms with van der Waals surface area (Å²) in [5.74, 6) is 0.0298. The van der Waals surface area contributed by atoms with Gasteiger partial charge in [-0.3, -0.25) is 4.79 Å². The number of nitrogen functional groups attached to an aromatic ring is 1. The summed E-state index contributed by atoms with van der Waals surface area (Å²) in [4.78, 5) is 11.6. The Morgan fingerprint density at radius 2 is 1.93 bits per heavy atom. The summed E-state index contributed by atoms with van der Waals surface area (Å²) in [5.41, 5.74) is 12.7. The lowest BCUT2D eigenvalue weighted by Crippen LogP contribution is -2.21. The molecular weight excluding hydrogens is 188 g/mol. The van der Waals surface area contributed by atoms with Gasteiger partial charge in [0.2, 0.25) is 0 Å². The van der Waals surface area contributed by atoms with E-state index in [2.05, 4.69) is 6.92 Å². The Kier molecular flexibility index (Phi) is 4.31. The zero-order valence-electron chi connectivity index (χ0n) is 9.07. The summed E-state index contributed by atoms with van der Waals surface area (Å²) in [5, 5.41) is 0. The first kappa shape index (κ1) is 11.7. The van der Waals surface area contributed by atoms with Gasteiger partial charge in [0.05, 0.1) is 6.54 Å². The molecule has 0 spiro atoms. The van der Waals surface area contributed by atoms with Crippen LogP contribution >= 0.6 is 0 Å². The molecule has 1 rings (SSSR count). The Hall–Kier alpha value is -1.35. The SMILES string of the molecule is CCCC(C(=O)CN)c1ccc(N)cc1. The molecule has 0 saturated heterocycles. The van der Waals surface area contributed by atoms with Gasteiger partial charge in [-0.05, 0) is 24.1 Å². The predicted molar refractivity (Wildman–Crippen MR) is 62.6 cm³/mol. The molecule has 15 heavy (non-hydrogen) atoms. The van der Waals surface area contributed by atoms with Gasteiger partial charge in [-0.25, -0.2) is 0 Å². The molecule has 0 aromatic heterocycles. The number of hydrogen-bond donors (Lipinski definition) is 2. The molecule has 1 atom stereocenters. The molecule has 0 aliphatic heterocycles. The van der Waals surface area contributed by atoms with Gasteiger partial charge in [0, 0.05) is 11.6 Å². The van der Waals surface area contributed by atoms with E-state index < -0.39 is 0 Å². The van der Waals surface area contributed by atoms with Gasteiger partial charge < -0.3 is 11.5 Å². The van der Waals surface area contributed by atoms with Crippen molar-refractivity contribution < 1.29 is 4.79 Å². The molecule has 1 aromatic rings. The molecule has 0 saturated carbocycles. The minimum Gasteiger partial charge on any atom is -0.399 e. The fraction of sp³-hybridized carbons (Fsp3) is 0.417. The van der Waals surface area contributed by atoms with Crippen LogP contribution in [-0.2, 0) is 4.79 Å². The van der Waals surface area contributed by atoms with Crippen LogP contribution in [0.3, 0.4) is 0 Å². The van der Waals surface area contributed by atoms with E-state index in [0.29, 0.717) is 5.69 Å². The number of carbonyl (C=O) groups excluding carboxylic acids is 1. The number of anilines is 1. The molecule has 3 heteroatoms. The molecule has 4 N–H and O–H groups in total. The highest BCUT2D eigenvalue weighted by Crippen LogP contribution is 2.22. The average molecular weight is 206 g/mol. The molecule has 0 amide bonds. The van der Waals surface area contributed by atoms with E-state index in [0.717, 1.165) is 18.4 Å². The smallest absolute Gasteiger partial charge is 0.153 e. The molecule has 0 fully saturated rings. The Morgan fingerprint density at radius 3 is 2.40 bits per heavy atom. The van der Waals surface area contributed by atoms with Gasteiger partial charge in [0.25, 0.3) is 0 Å². The van der Waals surface area contributed by atoms with Crippen LogP contribution in [0.1, 0.15) is 31.2 Å². The number of benzene rings is 1. The maximum absolute atomic E-state index is 11.6. The van der Waals surface area contributed by atoms with Gasteiger partial charge in [-0.1, -0.05) is 25.5 Å². The first-order valence-corrected chi connectivity index (χ1v) is 5.27. The van der Waals surface area contributed by atoms with Gasteiger partial charge >= 0.3 is 0 Å². The molecule has 1 aromatic carbocycles. The topological polar surface area (TPSA) is 69.1 Å². The van der Waals surface area contributed by atoms with E-state index in [-0.39, 0.29) is 18.2 Å². The van der Waals surface area contributed by atoms with E-state index in [9.17, 15) is 4.79 Å². The average Bonchev–Trinajstić information content (AvgIpc) is 2.26. The lowest BCUT2D eigenvalue weighted by atomic mass is 9.90. The van der Waals surface area contributed by atoms with Crippen molar-refractivity contribution in [3.05, 3.63) is 29.8 Å². The van der Waals surface area contributed by atoms with Gasteiger partial charge in [-0.2, -0.15) is 0 Å². The first-order chi connectivity index (χ1) is 7.19. The lowest BCUT2D eigenvalue weighted by molar-refractivity contribution is -0.119. The highest BCUT2D eigenvalue weighted by molar-refractivity contribution is 5.87. The van der Waals surface area contributed by atoms with Crippen molar-refractivity contribution in [2.75, 3.05) is 12.3 Å². The Morgan fingerprint density at radius 1 is 1.33 bits per heavy atom. The molecule has 0 radical (unpaired) electrons. The molecule has 82 valence electrons. The van der Waals surface area contributed by atoms with Gasteiger partial charge in [0.1, 0.15) is 0 Å². The van der Waals surface area contributed by atoms with Gasteiger partial charge in [0.15, 0.2) is 5.78 Å². The third-order valence-electron chi connectivity index (χ3n) is 2.51. The molecular formula is C12H18N2O. The molecule has 1 unspecified atom stereocenters. The molecule has 0 aliphatic carbocycles. The van der Waals surface area contributed by atoms with Crippen LogP contribution in [0.4, 0.5) is 5.69 Å². The predicted octanol–water partition coefficient (Wildman–Crippen LogP) is 1.68. The normalized spacial score (nSPS) is 12.4. The maximum Gasteiger partial charge on any atom is 0.153 e. The summed E-state index contributed by atoms with van der Waals surface area (Å²) < 4.78 is 0. The van der Waals surface area contributed by atoms with E-state index in [4.69, 9.17) is 11.5 Å². The number of hydrogen-bond acceptors (Lipinski definition) is 3. The minimum absolute atomic E-state index is 0.0689. The van der Waals surface area contributed by atoms with Crippen LogP contribution < -0.4 is 11.5 Å². The number of Topliss-reactive ketones (excluding diaryl/α,β-unsaturated/α-hetero) is 1. The second-order valence-electron chi connectivity index (χ2n) is 3.68. The Bertz CT molecular complexity index is 319. The lowest BCUT2D eigenvalue weighted by Gasteiger charge is -2.14. The summed E-state index contributed by atoms with van der Waals surface area (Å²) in [6, 6.07) is 7.45. The summed E-state index contributed by atoms with van der Waals surface area (Å²) in [6.45, 7) is 2.17. The number of carbonyl (C=O) groups is 1. The van der Waals surface area contributed by atoms with Crippen LogP contribution in [0, 0.1) is 0 Å². The summed E-state index contributed by atoms with van der Waals surface area (Å²) in [7, 11) is 0. The fourth-order valence-electron chi connectivity index (χ4n) is 1.67. The van der Waals surface area contributed by atoms with E-state index in [1.165, 1.54) is 0 Å². The zero-order chi connectivity index (χ0) is 11.3. The number of ketones is 1. The highest BCUT2D eigenvalue weighted by Gasteiger charge is 2.17. The van der Waals surface area contributed by atoms with E-state index >= 15 is 0 Å². The molecule has 0 bridgehead atoms. The van der Waals surface area contributed by atoms with Crippen molar-refractivity contribution >= 4 is 11.5 Å². The van der Waals surface area contributed by atoms with Crippen molar-refractivity contribution in [2.24, 2.45) is 5.73 Å². The van der Waals surface area contributed by atoms with Crippen LogP contribution in [0.2, 0.25) is 0 Å². The van der Waals surface area contributed by atoms with Crippen molar-refractivity contribution in [1.29, 1.82) is 0 Å².